The van der Waals surface area contributed by atoms with Gasteiger partial charge in [0.05, 0.1) is 0 Å². The summed E-state index contributed by atoms with van der Waals surface area (Å²) in [6.07, 6.45) is 8.73. The Morgan fingerprint density at radius 1 is 1.12 bits per heavy atom. The molecule has 0 radical (unpaired) electrons. The van der Waals surface area contributed by atoms with Gasteiger partial charge in [-0.3, -0.25) is 0 Å². The molecule has 1 aliphatic rings. The van der Waals surface area contributed by atoms with E-state index in [0.717, 1.165) is 17.3 Å². The van der Waals surface area contributed by atoms with Crippen molar-refractivity contribution in [2.45, 2.75) is 80.1 Å². The van der Waals surface area contributed by atoms with Crippen LogP contribution in [0.1, 0.15) is 80.1 Å². The van der Waals surface area contributed by atoms with E-state index in [9.17, 15) is 0 Å². The molecule has 0 atom stereocenters. The molecular formula is C16H32. The van der Waals surface area contributed by atoms with Gasteiger partial charge >= 0.3 is 0 Å². The summed E-state index contributed by atoms with van der Waals surface area (Å²) in [7, 11) is 0. The van der Waals surface area contributed by atoms with Crippen molar-refractivity contribution < 1.29 is 0 Å². The Morgan fingerprint density at radius 2 is 1.69 bits per heavy atom. The van der Waals surface area contributed by atoms with Crippen LogP contribution >= 0.6 is 0 Å². The summed E-state index contributed by atoms with van der Waals surface area (Å²) in [6, 6.07) is 0. The molecule has 0 amide bonds. The molecular weight excluding hydrogens is 192 g/mol. The van der Waals surface area contributed by atoms with E-state index in [2.05, 4.69) is 41.5 Å². The maximum absolute atomic E-state index is 2.41. The van der Waals surface area contributed by atoms with E-state index in [4.69, 9.17) is 0 Å². The van der Waals surface area contributed by atoms with Crippen LogP contribution in [0.25, 0.3) is 0 Å². The monoisotopic (exact) mass is 224 g/mol. The Hall–Kier alpha value is 0. The predicted octanol–water partition coefficient (Wildman–Crippen LogP) is 5.67. The zero-order valence-corrected chi connectivity index (χ0v) is 12.4. The van der Waals surface area contributed by atoms with Gasteiger partial charge in [-0.15, -0.1) is 0 Å². The molecule has 0 unspecified atom stereocenters. The molecule has 0 saturated heterocycles. The summed E-state index contributed by atoms with van der Waals surface area (Å²) in [5.41, 5.74) is 1.27. The Labute approximate surface area is 103 Å². The second-order valence-electron chi connectivity index (χ2n) is 7.65. The fourth-order valence-electron chi connectivity index (χ4n) is 3.26. The van der Waals surface area contributed by atoms with Gasteiger partial charge in [-0.25, -0.2) is 0 Å². The molecule has 0 aromatic heterocycles. The molecule has 0 heteroatoms. The lowest BCUT2D eigenvalue weighted by Crippen LogP contribution is -2.43. The van der Waals surface area contributed by atoms with Crippen LogP contribution in [-0.2, 0) is 0 Å². The van der Waals surface area contributed by atoms with Crippen molar-refractivity contribution in [1.82, 2.24) is 0 Å². The molecule has 0 aliphatic heterocycles. The quantitative estimate of drug-likeness (QED) is 0.565. The van der Waals surface area contributed by atoms with Crippen molar-refractivity contribution in [3.05, 3.63) is 0 Å². The minimum atomic E-state index is 0.537. The third-order valence-corrected chi connectivity index (χ3v) is 4.62. The first kappa shape index (κ1) is 14.1. The van der Waals surface area contributed by atoms with E-state index in [1.54, 1.807) is 0 Å². The van der Waals surface area contributed by atoms with Crippen LogP contribution in [0.3, 0.4) is 0 Å². The van der Waals surface area contributed by atoms with Gasteiger partial charge in [0.25, 0.3) is 0 Å². The van der Waals surface area contributed by atoms with E-state index in [-0.39, 0.29) is 0 Å². The summed E-state index contributed by atoms with van der Waals surface area (Å²) in [5.74, 6) is 1.86. The highest BCUT2D eigenvalue weighted by atomic mass is 14.5. The first-order chi connectivity index (χ1) is 7.29. The van der Waals surface area contributed by atoms with Crippen LogP contribution in [0, 0.1) is 22.7 Å². The van der Waals surface area contributed by atoms with Crippen LogP contribution < -0.4 is 0 Å². The van der Waals surface area contributed by atoms with Crippen LogP contribution in [0.4, 0.5) is 0 Å². The minimum Gasteiger partial charge on any atom is -0.0654 e. The van der Waals surface area contributed by atoms with Crippen molar-refractivity contribution in [2.75, 3.05) is 0 Å². The van der Waals surface area contributed by atoms with Crippen molar-refractivity contribution in [3.8, 4) is 0 Å². The van der Waals surface area contributed by atoms with Crippen LogP contribution in [0.15, 0.2) is 0 Å². The Bertz CT molecular complexity index is 201. The van der Waals surface area contributed by atoms with Crippen LogP contribution in [0.5, 0.6) is 0 Å². The highest BCUT2D eigenvalue weighted by Gasteiger charge is 2.46. The predicted molar refractivity (Wildman–Crippen MR) is 73.6 cm³/mol. The summed E-state index contributed by atoms with van der Waals surface area (Å²) in [6.45, 7) is 14.3. The summed E-state index contributed by atoms with van der Waals surface area (Å²) in [5, 5.41) is 0. The molecule has 16 heavy (non-hydrogen) atoms. The average Bonchev–Trinajstić information content (AvgIpc) is 2.06. The van der Waals surface area contributed by atoms with Gasteiger partial charge in [0.2, 0.25) is 0 Å². The molecule has 1 rings (SSSR count). The number of hydrogen-bond acceptors (Lipinski definition) is 0. The van der Waals surface area contributed by atoms with Crippen LogP contribution in [0.2, 0.25) is 0 Å². The maximum Gasteiger partial charge on any atom is -0.0292 e. The van der Waals surface area contributed by atoms with Gasteiger partial charge < -0.3 is 0 Å². The van der Waals surface area contributed by atoms with Gasteiger partial charge in [0.1, 0.15) is 0 Å². The fourth-order valence-corrected chi connectivity index (χ4v) is 3.26. The normalized spacial score (nSPS) is 30.6. The summed E-state index contributed by atoms with van der Waals surface area (Å²) in [4.78, 5) is 0. The molecule has 0 spiro atoms. The first-order valence-corrected chi connectivity index (χ1v) is 7.29. The molecule has 0 N–H and O–H groups in total. The topological polar surface area (TPSA) is 0 Å². The molecule has 96 valence electrons. The minimum absolute atomic E-state index is 0.537. The summed E-state index contributed by atoms with van der Waals surface area (Å²) < 4.78 is 0. The molecule has 0 nitrogen and oxygen atoms in total. The molecule has 0 bridgehead atoms. The van der Waals surface area contributed by atoms with Gasteiger partial charge in [-0.1, -0.05) is 54.4 Å². The largest absolute Gasteiger partial charge is 0.0654 e. The number of rotatable bonds is 5. The SMILES string of the molecule is CCCC1(CCC(C)C)CC(C(C)(C)C)C1. The van der Waals surface area contributed by atoms with Gasteiger partial charge in [0.15, 0.2) is 0 Å². The molecule has 1 fully saturated rings. The van der Waals surface area contributed by atoms with E-state index >= 15 is 0 Å². The molecule has 0 heterocycles. The van der Waals surface area contributed by atoms with Crippen LogP contribution in [-0.4, -0.2) is 0 Å². The smallest absolute Gasteiger partial charge is 0.0292 e. The highest BCUT2D eigenvalue weighted by molar-refractivity contribution is 4.97. The van der Waals surface area contributed by atoms with Gasteiger partial charge in [-0.2, -0.15) is 0 Å². The second-order valence-corrected chi connectivity index (χ2v) is 7.65. The van der Waals surface area contributed by atoms with Crippen molar-refractivity contribution in [2.24, 2.45) is 22.7 Å². The lowest BCUT2D eigenvalue weighted by molar-refractivity contribution is -0.0300. The number of hydrogen-bond donors (Lipinski definition) is 0. The van der Waals surface area contributed by atoms with Gasteiger partial charge in [0, 0.05) is 0 Å². The van der Waals surface area contributed by atoms with Crippen molar-refractivity contribution >= 4 is 0 Å². The van der Waals surface area contributed by atoms with E-state index < -0.39 is 0 Å². The molecule has 1 aliphatic carbocycles. The third-order valence-electron chi connectivity index (χ3n) is 4.62. The zero-order valence-electron chi connectivity index (χ0n) is 12.4. The lowest BCUT2D eigenvalue weighted by Gasteiger charge is -2.54. The molecule has 0 aromatic rings. The van der Waals surface area contributed by atoms with E-state index in [1.165, 1.54) is 38.5 Å². The van der Waals surface area contributed by atoms with Crippen molar-refractivity contribution in [3.63, 3.8) is 0 Å². The fraction of sp³-hybridized carbons (Fsp3) is 1.00. The Balaban J connectivity index is 2.46. The first-order valence-electron chi connectivity index (χ1n) is 7.29. The van der Waals surface area contributed by atoms with E-state index in [0.29, 0.717) is 5.41 Å². The van der Waals surface area contributed by atoms with E-state index in [1.807, 2.05) is 0 Å². The Kier molecular flexibility index (Phi) is 4.49. The second kappa shape index (κ2) is 5.10. The van der Waals surface area contributed by atoms with Gasteiger partial charge in [-0.05, 0) is 48.3 Å². The third kappa shape index (κ3) is 3.50. The maximum atomic E-state index is 2.41. The lowest BCUT2D eigenvalue weighted by atomic mass is 9.52. The highest BCUT2D eigenvalue weighted by Crippen LogP contribution is 2.57. The standard InChI is InChI=1S/C16H32/c1-7-9-16(10-8-13(2)3)11-14(12-16)15(4,5)6/h13-14H,7-12H2,1-6H3. The molecule has 0 aromatic carbocycles. The Morgan fingerprint density at radius 3 is 2.06 bits per heavy atom. The average molecular weight is 224 g/mol. The molecule has 1 saturated carbocycles. The zero-order chi connectivity index (χ0) is 12.4. The summed E-state index contributed by atoms with van der Waals surface area (Å²) >= 11 is 0. The van der Waals surface area contributed by atoms with Crippen molar-refractivity contribution in [1.29, 1.82) is 0 Å².